The van der Waals surface area contributed by atoms with Gasteiger partial charge in [-0.2, -0.15) is 0 Å². The van der Waals surface area contributed by atoms with E-state index in [0.29, 0.717) is 17.9 Å². The molecule has 0 aromatic heterocycles. The van der Waals surface area contributed by atoms with Gasteiger partial charge < -0.3 is 15.0 Å². The first-order valence-electron chi connectivity index (χ1n) is 12.8. The Morgan fingerprint density at radius 2 is 1.57 bits per heavy atom. The summed E-state index contributed by atoms with van der Waals surface area (Å²) in [7, 11) is -1.94. The van der Waals surface area contributed by atoms with E-state index in [9.17, 15) is 18.0 Å². The fourth-order valence-electron chi connectivity index (χ4n) is 3.88. The predicted octanol–water partition coefficient (Wildman–Crippen LogP) is 4.14. The van der Waals surface area contributed by atoms with Gasteiger partial charge in [-0.25, -0.2) is 8.42 Å². The summed E-state index contributed by atoms with van der Waals surface area (Å²) in [6.07, 6.45) is 3.24. The van der Waals surface area contributed by atoms with E-state index >= 15 is 0 Å². The van der Waals surface area contributed by atoms with Gasteiger partial charge in [0, 0.05) is 25.6 Å². The van der Waals surface area contributed by atoms with Gasteiger partial charge in [-0.15, -0.1) is 0 Å². The van der Waals surface area contributed by atoms with Crippen molar-refractivity contribution >= 4 is 27.5 Å². The number of benzene rings is 2. The van der Waals surface area contributed by atoms with Gasteiger partial charge in [0.2, 0.25) is 21.8 Å². The van der Waals surface area contributed by atoms with Crippen LogP contribution in [-0.4, -0.2) is 57.1 Å². The van der Waals surface area contributed by atoms with Crippen LogP contribution < -0.4 is 14.4 Å². The van der Waals surface area contributed by atoms with Crippen LogP contribution in [0.5, 0.6) is 5.75 Å². The van der Waals surface area contributed by atoms with Crippen LogP contribution in [0.4, 0.5) is 5.69 Å². The van der Waals surface area contributed by atoms with Crippen LogP contribution >= 0.6 is 0 Å². The van der Waals surface area contributed by atoms with Crippen LogP contribution in [-0.2, 0) is 32.6 Å². The lowest BCUT2D eigenvalue weighted by Gasteiger charge is -2.30. The number of nitrogens with zero attached hydrogens (tertiary/aromatic N) is 2. The topological polar surface area (TPSA) is 96.0 Å². The summed E-state index contributed by atoms with van der Waals surface area (Å²) in [5.41, 5.74) is 2.56. The minimum atomic E-state index is -3.52. The summed E-state index contributed by atoms with van der Waals surface area (Å²) >= 11 is 0. The summed E-state index contributed by atoms with van der Waals surface area (Å²) < 4.78 is 31.5. The molecule has 0 saturated carbocycles. The molecule has 1 N–H and O–H groups in total. The Labute approximate surface area is 222 Å². The predicted molar refractivity (Wildman–Crippen MR) is 148 cm³/mol. The van der Waals surface area contributed by atoms with E-state index < -0.39 is 16.1 Å². The number of hydrogen-bond donors (Lipinski definition) is 1. The number of nitrogens with one attached hydrogen (secondary N) is 1. The molecule has 2 aromatic carbocycles. The number of methoxy groups -OCH3 is 1. The van der Waals surface area contributed by atoms with Crippen molar-refractivity contribution in [2.45, 2.75) is 72.0 Å². The molecule has 0 aliphatic heterocycles. The molecule has 0 heterocycles. The Hall–Kier alpha value is -3.07. The van der Waals surface area contributed by atoms with Gasteiger partial charge >= 0.3 is 0 Å². The van der Waals surface area contributed by atoms with Gasteiger partial charge in [0.15, 0.2) is 0 Å². The number of amides is 2. The van der Waals surface area contributed by atoms with E-state index in [1.165, 1.54) is 10.6 Å². The third-order valence-electron chi connectivity index (χ3n) is 6.47. The van der Waals surface area contributed by atoms with Crippen molar-refractivity contribution in [3.05, 3.63) is 59.7 Å². The number of aryl methyl sites for hydroxylation is 1. The van der Waals surface area contributed by atoms with E-state index in [4.69, 9.17) is 4.74 Å². The molecular weight excluding hydrogens is 490 g/mol. The van der Waals surface area contributed by atoms with E-state index in [0.717, 1.165) is 24.0 Å². The molecule has 2 amide bonds. The molecule has 0 aliphatic rings. The molecule has 0 bridgehead atoms. The molecule has 9 heteroatoms. The smallest absolute Gasteiger partial charge is 0.242 e. The Kier molecular flexibility index (Phi) is 11.4. The number of ether oxygens (including phenoxy) is 1. The molecule has 0 spiro atoms. The van der Waals surface area contributed by atoms with Crippen molar-refractivity contribution < 1.29 is 22.7 Å². The average molecular weight is 532 g/mol. The number of rotatable bonds is 14. The molecule has 37 heavy (non-hydrogen) atoms. The highest BCUT2D eigenvalue weighted by molar-refractivity contribution is 7.92. The van der Waals surface area contributed by atoms with Gasteiger partial charge in [0.25, 0.3) is 0 Å². The van der Waals surface area contributed by atoms with Crippen LogP contribution in [0.3, 0.4) is 0 Å². The largest absolute Gasteiger partial charge is 0.497 e. The Morgan fingerprint density at radius 3 is 2.08 bits per heavy atom. The van der Waals surface area contributed by atoms with E-state index in [1.807, 2.05) is 57.2 Å². The minimum absolute atomic E-state index is 0.00435. The molecule has 2 atom stereocenters. The molecule has 204 valence electrons. The zero-order chi connectivity index (χ0) is 27.6. The Bertz CT molecular complexity index is 1120. The second-order valence-electron chi connectivity index (χ2n) is 9.32. The maximum absolute atomic E-state index is 13.4. The number of anilines is 1. The van der Waals surface area contributed by atoms with Crippen molar-refractivity contribution in [1.29, 1.82) is 0 Å². The number of carbonyl (C=O) groups is 2. The summed E-state index contributed by atoms with van der Waals surface area (Å²) in [6, 6.07) is 14.1. The lowest BCUT2D eigenvalue weighted by molar-refractivity contribution is -0.140. The fraction of sp³-hybridized carbons (Fsp3) is 0.500. The van der Waals surface area contributed by atoms with Crippen molar-refractivity contribution in [3.8, 4) is 5.75 Å². The van der Waals surface area contributed by atoms with Crippen molar-refractivity contribution in [2.75, 3.05) is 24.2 Å². The number of hydrogen-bond acceptors (Lipinski definition) is 5. The molecule has 2 rings (SSSR count). The van der Waals surface area contributed by atoms with Crippen molar-refractivity contribution in [3.63, 3.8) is 0 Å². The normalized spacial score (nSPS) is 12.9. The quantitative estimate of drug-likeness (QED) is 0.395. The first-order chi connectivity index (χ1) is 17.5. The highest BCUT2D eigenvalue weighted by Gasteiger charge is 2.27. The molecule has 0 aliphatic carbocycles. The lowest BCUT2D eigenvalue weighted by atomic mass is 10.1. The second kappa shape index (κ2) is 14.0. The molecule has 0 fully saturated rings. The molecule has 0 saturated heterocycles. The highest BCUT2D eigenvalue weighted by atomic mass is 32.2. The summed E-state index contributed by atoms with van der Waals surface area (Å²) in [5.74, 6) is 0.277. The SMILES string of the molecule is CCc1ccc(N(CCCC(=O)N(Cc2ccc(OC)cc2)C(C)C(=O)NC(C)CC)S(C)(=O)=O)cc1. The molecule has 2 aromatic rings. The molecular formula is C28H41N3O5S. The highest BCUT2D eigenvalue weighted by Crippen LogP contribution is 2.21. The van der Waals surface area contributed by atoms with Gasteiger partial charge in [-0.3, -0.25) is 13.9 Å². The average Bonchev–Trinajstić information content (AvgIpc) is 2.88. The zero-order valence-electron chi connectivity index (χ0n) is 22.9. The lowest BCUT2D eigenvalue weighted by Crippen LogP contribution is -2.49. The first kappa shape index (κ1) is 30.2. The minimum Gasteiger partial charge on any atom is -0.497 e. The maximum Gasteiger partial charge on any atom is 0.242 e. The Morgan fingerprint density at radius 1 is 0.973 bits per heavy atom. The van der Waals surface area contributed by atoms with Crippen molar-refractivity contribution in [2.24, 2.45) is 0 Å². The van der Waals surface area contributed by atoms with Crippen LogP contribution in [0.2, 0.25) is 0 Å². The standard InChI is InChI=1S/C28H41N3O5S/c1-7-21(3)29-28(33)22(4)30(20-24-13-17-26(36-5)18-14-24)27(32)10-9-19-31(37(6,34)35)25-15-11-23(8-2)12-16-25/h11-18,21-22H,7-10,19-20H2,1-6H3,(H,29,33). The van der Waals surface area contributed by atoms with Gasteiger partial charge in [0.05, 0.1) is 19.1 Å². The van der Waals surface area contributed by atoms with Gasteiger partial charge in [0.1, 0.15) is 11.8 Å². The molecule has 0 radical (unpaired) electrons. The van der Waals surface area contributed by atoms with Gasteiger partial charge in [-0.05, 0) is 68.5 Å². The molecule has 8 nitrogen and oxygen atoms in total. The third-order valence-corrected chi connectivity index (χ3v) is 7.66. The second-order valence-corrected chi connectivity index (χ2v) is 11.2. The zero-order valence-corrected chi connectivity index (χ0v) is 23.7. The number of carbonyl (C=O) groups excluding carboxylic acids is 2. The van der Waals surface area contributed by atoms with Crippen LogP contribution in [0, 0.1) is 0 Å². The molecule has 2 unspecified atom stereocenters. The maximum atomic E-state index is 13.4. The van der Waals surface area contributed by atoms with E-state index in [1.54, 1.807) is 31.1 Å². The number of sulfonamides is 1. The summed E-state index contributed by atoms with van der Waals surface area (Å²) in [4.78, 5) is 27.8. The van der Waals surface area contributed by atoms with Crippen LogP contribution in [0.15, 0.2) is 48.5 Å². The first-order valence-corrected chi connectivity index (χ1v) is 14.6. The third kappa shape index (κ3) is 9.07. The fourth-order valence-corrected chi connectivity index (χ4v) is 4.84. The monoisotopic (exact) mass is 531 g/mol. The van der Waals surface area contributed by atoms with Crippen molar-refractivity contribution in [1.82, 2.24) is 10.2 Å². The van der Waals surface area contributed by atoms with Crippen LogP contribution in [0.1, 0.15) is 58.1 Å². The summed E-state index contributed by atoms with van der Waals surface area (Å²) in [5, 5.41) is 2.95. The Balaban J connectivity index is 2.17. The summed E-state index contributed by atoms with van der Waals surface area (Å²) in [6.45, 7) is 8.09. The van der Waals surface area contributed by atoms with Gasteiger partial charge in [-0.1, -0.05) is 38.1 Å². The van der Waals surface area contributed by atoms with E-state index in [2.05, 4.69) is 5.32 Å². The van der Waals surface area contributed by atoms with Crippen LogP contribution in [0.25, 0.3) is 0 Å². The van der Waals surface area contributed by atoms with E-state index in [-0.39, 0.29) is 37.4 Å².